The third-order valence-corrected chi connectivity index (χ3v) is 4.77. The van der Waals surface area contributed by atoms with E-state index in [1.165, 1.54) is 6.20 Å². The Hall–Kier alpha value is -3.04. The van der Waals surface area contributed by atoms with Gasteiger partial charge in [0, 0.05) is 36.9 Å². The largest absolute Gasteiger partial charge is 0.473 e. The molecule has 1 aliphatic rings. The average molecular weight is 420 g/mol. The van der Waals surface area contributed by atoms with E-state index in [1.54, 1.807) is 19.2 Å². The number of pyridine rings is 1. The number of imidazole rings is 1. The van der Waals surface area contributed by atoms with Crippen LogP contribution in [0.2, 0.25) is 0 Å². The first-order valence-corrected chi connectivity index (χ1v) is 9.65. The molecule has 10 heteroatoms. The van der Waals surface area contributed by atoms with Crippen molar-refractivity contribution in [3.05, 3.63) is 24.3 Å². The van der Waals surface area contributed by atoms with E-state index < -0.39 is 12.7 Å². The maximum absolute atomic E-state index is 13.5. The molecular formula is C20H26F2N6O2. The van der Waals surface area contributed by atoms with Crippen LogP contribution >= 0.6 is 0 Å². The fraction of sp³-hybridized carbons (Fsp3) is 0.500. The Morgan fingerprint density at radius 1 is 1.47 bits per heavy atom. The smallest absolute Gasteiger partial charge is 0.320 e. The summed E-state index contributed by atoms with van der Waals surface area (Å²) in [4.78, 5) is 24.5. The summed E-state index contributed by atoms with van der Waals surface area (Å²) in [6.07, 6.45) is 3.87. The Morgan fingerprint density at radius 3 is 2.77 bits per heavy atom. The fourth-order valence-corrected chi connectivity index (χ4v) is 3.09. The highest BCUT2D eigenvalue weighted by Crippen LogP contribution is 2.31. The molecule has 8 nitrogen and oxygen atoms in total. The third-order valence-electron chi connectivity index (χ3n) is 4.77. The molecule has 0 spiro atoms. The van der Waals surface area contributed by atoms with Crippen molar-refractivity contribution in [1.29, 1.82) is 0 Å². The summed E-state index contributed by atoms with van der Waals surface area (Å²) in [5, 5.41) is 2.75. The van der Waals surface area contributed by atoms with Gasteiger partial charge in [0.25, 0.3) is 0 Å². The first-order chi connectivity index (χ1) is 14.1. The topological polar surface area (TPSA) is 107 Å². The molecule has 0 radical (unpaired) electrons. The predicted octanol–water partition coefficient (Wildman–Crippen LogP) is 2.90. The standard InChI is InChI=1S/C20H26F2N6O2/c1-11(12-5-16(29)24-8-12)30-18-17-15(25-10-28(17)19(21)22)6-14(27-18)13(7-23)9-26-20(2,3)4/h6-7,9-12,19H,5,8,23H2,1-4H3,(H,24,29). The van der Waals surface area contributed by atoms with Gasteiger partial charge < -0.3 is 15.8 Å². The third kappa shape index (κ3) is 4.74. The Bertz CT molecular complexity index is 993. The number of aliphatic imine (C=N–C) groups is 1. The van der Waals surface area contributed by atoms with Crippen molar-refractivity contribution < 1.29 is 18.3 Å². The molecule has 1 saturated heterocycles. The lowest BCUT2D eigenvalue weighted by molar-refractivity contribution is -0.119. The number of hydrogen-bond acceptors (Lipinski definition) is 6. The lowest BCUT2D eigenvalue weighted by atomic mass is 10.0. The van der Waals surface area contributed by atoms with Crippen molar-refractivity contribution in [1.82, 2.24) is 19.9 Å². The maximum atomic E-state index is 13.5. The first-order valence-electron chi connectivity index (χ1n) is 9.65. The molecule has 1 fully saturated rings. The fourth-order valence-electron chi connectivity index (χ4n) is 3.09. The number of carbonyl (C=O) groups is 1. The monoisotopic (exact) mass is 420 g/mol. The molecule has 3 heterocycles. The molecule has 0 bridgehead atoms. The number of rotatable bonds is 6. The lowest BCUT2D eigenvalue weighted by Crippen LogP contribution is -2.26. The van der Waals surface area contributed by atoms with Gasteiger partial charge in [0.05, 0.1) is 16.7 Å². The van der Waals surface area contributed by atoms with E-state index in [-0.39, 0.29) is 28.8 Å². The van der Waals surface area contributed by atoms with Crippen LogP contribution in [0.1, 0.15) is 46.4 Å². The molecule has 2 aromatic heterocycles. The highest BCUT2D eigenvalue weighted by molar-refractivity contribution is 6.09. The second-order valence-electron chi connectivity index (χ2n) is 8.25. The molecule has 1 aliphatic heterocycles. The molecule has 3 rings (SSSR count). The minimum Gasteiger partial charge on any atom is -0.473 e. The molecule has 162 valence electrons. The van der Waals surface area contributed by atoms with Crippen molar-refractivity contribution in [2.75, 3.05) is 6.54 Å². The number of allylic oxidation sites excluding steroid dienone is 1. The Labute approximate surface area is 173 Å². The van der Waals surface area contributed by atoms with Gasteiger partial charge in [0.1, 0.15) is 17.9 Å². The predicted molar refractivity (Wildman–Crippen MR) is 110 cm³/mol. The molecule has 0 aliphatic carbocycles. The zero-order valence-corrected chi connectivity index (χ0v) is 17.4. The quantitative estimate of drug-likeness (QED) is 0.699. The van der Waals surface area contributed by atoms with Gasteiger partial charge in [-0.3, -0.25) is 14.4 Å². The molecule has 2 atom stereocenters. The SMILES string of the molecule is CC(Oc1nc(C(C=NC(C)(C)C)=CN)cc2ncn(C(F)F)c12)C1CNC(=O)C1. The summed E-state index contributed by atoms with van der Waals surface area (Å²) in [6.45, 7) is 5.25. The van der Waals surface area contributed by atoms with Crippen LogP contribution in [0.25, 0.3) is 16.6 Å². The first kappa shape index (κ1) is 21.7. The van der Waals surface area contributed by atoms with E-state index in [0.717, 1.165) is 6.33 Å². The summed E-state index contributed by atoms with van der Waals surface area (Å²) in [6, 6.07) is 1.57. The number of ether oxygens (including phenoxy) is 1. The van der Waals surface area contributed by atoms with Crippen LogP contribution in [-0.4, -0.2) is 44.8 Å². The molecule has 0 aromatic carbocycles. The number of nitrogens with two attached hydrogens (primary N) is 1. The van der Waals surface area contributed by atoms with Gasteiger partial charge in [-0.1, -0.05) is 0 Å². The van der Waals surface area contributed by atoms with E-state index in [2.05, 4.69) is 20.3 Å². The van der Waals surface area contributed by atoms with E-state index >= 15 is 0 Å². The summed E-state index contributed by atoms with van der Waals surface area (Å²) < 4.78 is 33.7. The second-order valence-corrected chi connectivity index (χ2v) is 8.25. The number of aromatic nitrogens is 3. The van der Waals surface area contributed by atoms with Crippen molar-refractivity contribution >= 4 is 28.7 Å². The zero-order chi connectivity index (χ0) is 22.1. The van der Waals surface area contributed by atoms with Gasteiger partial charge in [0.2, 0.25) is 11.8 Å². The highest BCUT2D eigenvalue weighted by Gasteiger charge is 2.29. The van der Waals surface area contributed by atoms with Crippen molar-refractivity contribution in [3.8, 4) is 5.88 Å². The molecule has 30 heavy (non-hydrogen) atoms. The van der Waals surface area contributed by atoms with Gasteiger partial charge in [-0.2, -0.15) is 8.78 Å². The summed E-state index contributed by atoms with van der Waals surface area (Å²) in [5.41, 5.74) is 6.74. The van der Waals surface area contributed by atoms with Crippen LogP contribution < -0.4 is 15.8 Å². The normalized spacial score (nSPS) is 19.1. The highest BCUT2D eigenvalue weighted by atomic mass is 19.3. The van der Waals surface area contributed by atoms with E-state index in [1.807, 2.05) is 20.8 Å². The Kier molecular flexibility index (Phi) is 6.04. The number of amides is 1. The van der Waals surface area contributed by atoms with Gasteiger partial charge in [0.15, 0.2) is 0 Å². The summed E-state index contributed by atoms with van der Waals surface area (Å²) in [5.74, 6) is -0.143. The van der Waals surface area contributed by atoms with Gasteiger partial charge >= 0.3 is 6.55 Å². The van der Waals surface area contributed by atoms with Crippen LogP contribution in [0.3, 0.4) is 0 Å². The minimum atomic E-state index is -2.80. The molecule has 3 N–H and O–H groups in total. The number of fused-ring (bicyclic) bond motifs is 1. The van der Waals surface area contributed by atoms with Crippen molar-refractivity contribution in [2.45, 2.75) is 52.3 Å². The molecule has 1 amide bonds. The van der Waals surface area contributed by atoms with Crippen LogP contribution in [0.4, 0.5) is 8.78 Å². The number of carbonyl (C=O) groups excluding carboxylic acids is 1. The summed E-state index contributed by atoms with van der Waals surface area (Å²) >= 11 is 0. The average Bonchev–Trinajstić information content (AvgIpc) is 3.27. The van der Waals surface area contributed by atoms with Gasteiger partial charge in [-0.05, 0) is 33.8 Å². The number of halogens is 2. The number of alkyl halides is 2. The maximum Gasteiger partial charge on any atom is 0.320 e. The van der Waals surface area contributed by atoms with Crippen molar-refractivity contribution in [2.24, 2.45) is 16.6 Å². The number of nitrogens with one attached hydrogen (secondary N) is 1. The molecule has 2 aromatic rings. The van der Waals surface area contributed by atoms with Gasteiger partial charge in [-0.25, -0.2) is 9.97 Å². The Balaban J connectivity index is 2.04. The number of hydrogen-bond donors (Lipinski definition) is 2. The van der Waals surface area contributed by atoms with Crippen LogP contribution in [0.5, 0.6) is 5.88 Å². The lowest BCUT2D eigenvalue weighted by Gasteiger charge is -2.20. The van der Waals surface area contributed by atoms with Gasteiger partial charge in [-0.15, -0.1) is 0 Å². The molecule has 2 unspecified atom stereocenters. The van der Waals surface area contributed by atoms with Crippen LogP contribution in [-0.2, 0) is 4.79 Å². The van der Waals surface area contributed by atoms with E-state index in [9.17, 15) is 13.6 Å². The second kappa shape index (κ2) is 8.37. The van der Waals surface area contributed by atoms with E-state index in [0.29, 0.717) is 34.3 Å². The van der Waals surface area contributed by atoms with Crippen LogP contribution in [0.15, 0.2) is 23.6 Å². The Morgan fingerprint density at radius 2 is 2.20 bits per heavy atom. The van der Waals surface area contributed by atoms with Crippen molar-refractivity contribution in [3.63, 3.8) is 0 Å². The zero-order valence-electron chi connectivity index (χ0n) is 17.4. The summed E-state index contributed by atoms with van der Waals surface area (Å²) in [7, 11) is 0. The minimum absolute atomic E-state index is 0.00987. The number of nitrogens with zero attached hydrogens (tertiary/aromatic N) is 4. The molecule has 0 saturated carbocycles. The molecular weight excluding hydrogens is 394 g/mol. The van der Waals surface area contributed by atoms with Crippen LogP contribution in [0, 0.1) is 5.92 Å². The van der Waals surface area contributed by atoms with E-state index in [4.69, 9.17) is 10.5 Å².